The second kappa shape index (κ2) is 9.70. The minimum Gasteiger partial charge on any atom is -0.547 e. The number of carboxylic acids is 4. The Morgan fingerprint density at radius 3 is 0.765 bits per heavy atom. The fourth-order valence-electron chi connectivity index (χ4n) is 0.192. The summed E-state index contributed by atoms with van der Waals surface area (Å²) in [5, 5.41) is 53.2. The molecule has 0 saturated heterocycles. The first kappa shape index (κ1) is 20.8. The molecular weight excluding hydrogens is 427 g/mol. The Morgan fingerprint density at radius 1 is 0.647 bits per heavy atom. The van der Waals surface area contributed by atoms with E-state index in [1.807, 2.05) is 0 Å². The van der Waals surface area contributed by atoms with Gasteiger partial charge in [0.2, 0.25) is 0 Å². The van der Waals surface area contributed by atoms with Crippen molar-refractivity contribution in [2.45, 2.75) is 12.2 Å². The molecule has 0 bridgehead atoms. The summed E-state index contributed by atoms with van der Waals surface area (Å²) in [5.41, 5.74) is 0. The largest absolute Gasteiger partial charge is 4.00 e. The van der Waals surface area contributed by atoms with E-state index in [9.17, 15) is 39.6 Å². The van der Waals surface area contributed by atoms with Crippen LogP contribution in [0.1, 0.15) is 0 Å². The summed E-state index contributed by atoms with van der Waals surface area (Å²) in [7, 11) is 0. The van der Waals surface area contributed by atoms with Gasteiger partial charge in [0.1, 0.15) is 12.2 Å². The van der Waals surface area contributed by atoms with E-state index in [1.54, 1.807) is 0 Å². The van der Waals surface area contributed by atoms with Gasteiger partial charge in [-0.3, -0.25) is 0 Å². The number of hydrogen-bond acceptors (Lipinski definition) is 10. The first-order valence-corrected chi connectivity index (χ1v) is 3.30. The molecule has 0 aliphatic heterocycles. The maximum absolute atomic E-state index is 9.36. The Hall–Kier alpha value is -1.51. The van der Waals surface area contributed by atoms with E-state index in [0.29, 0.717) is 0 Å². The standard InChI is InChI=1S/2C3H4O5.Pt/c2*4-1(2(5)6)3(7)8;/h2*1,4H,(H,5,6)(H,7,8);/q;;+4/p-4. The van der Waals surface area contributed by atoms with Gasteiger partial charge in [0.05, 0.1) is 23.9 Å². The van der Waals surface area contributed by atoms with Crippen LogP contribution >= 0.6 is 0 Å². The summed E-state index contributed by atoms with van der Waals surface area (Å²) < 4.78 is 0. The fraction of sp³-hybridized carbons (Fsp3) is 0.333. The molecular formula is C6H4O10Pt. The van der Waals surface area contributed by atoms with Crippen molar-refractivity contribution < 1.29 is 70.9 Å². The molecule has 0 aromatic carbocycles. The van der Waals surface area contributed by atoms with Gasteiger partial charge < -0.3 is 49.8 Å². The molecule has 0 saturated carbocycles. The van der Waals surface area contributed by atoms with Gasteiger partial charge in [-0.15, -0.1) is 0 Å². The number of aliphatic hydroxyl groups is 2. The summed E-state index contributed by atoms with van der Waals surface area (Å²) in [6.07, 6.45) is -5.04. The van der Waals surface area contributed by atoms with E-state index >= 15 is 0 Å². The molecule has 0 aliphatic carbocycles. The zero-order chi connectivity index (χ0) is 13.5. The minimum absolute atomic E-state index is 0. The van der Waals surface area contributed by atoms with E-state index in [0.717, 1.165) is 0 Å². The first-order valence-electron chi connectivity index (χ1n) is 3.30. The molecule has 10 nitrogen and oxygen atoms in total. The second-order valence-electron chi connectivity index (χ2n) is 2.08. The van der Waals surface area contributed by atoms with Gasteiger partial charge in [-0.25, -0.2) is 0 Å². The van der Waals surface area contributed by atoms with Crippen molar-refractivity contribution in [3.8, 4) is 0 Å². The van der Waals surface area contributed by atoms with Crippen molar-refractivity contribution in [3.05, 3.63) is 0 Å². The van der Waals surface area contributed by atoms with Gasteiger partial charge in [-0.2, -0.15) is 0 Å². The average molecular weight is 431 g/mol. The number of rotatable bonds is 4. The van der Waals surface area contributed by atoms with Gasteiger partial charge >= 0.3 is 21.1 Å². The first-order chi connectivity index (χ1) is 7.11. The molecule has 0 aromatic rings. The summed E-state index contributed by atoms with van der Waals surface area (Å²) in [4.78, 5) is 37.4. The van der Waals surface area contributed by atoms with Crippen LogP contribution in [0.4, 0.5) is 0 Å². The SMILES string of the molecule is O=C([O-])C(O)C(=O)[O-].O=C([O-])C(O)C(=O)[O-].[Pt+4]. The predicted octanol–water partition coefficient (Wildman–Crippen LogP) is -8.31. The molecule has 0 unspecified atom stereocenters. The number of carbonyl (C=O) groups is 4. The van der Waals surface area contributed by atoms with E-state index in [4.69, 9.17) is 10.2 Å². The van der Waals surface area contributed by atoms with Crippen molar-refractivity contribution in [2.75, 3.05) is 0 Å². The second-order valence-corrected chi connectivity index (χ2v) is 2.08. The van der Waals surface area contributed by atoms with Crippen molar-refractivity contribution >= 4 is 23.9 Å². The minimum atomic E-state index is -2.52. The zero-order valence-corrected chi connectivity index (χ0v) is 9.90. The van der Waals surface area contributed by atoms with Gasteiger partial charge in [-0.1, -0.05) is 0 Å². The average Bonchev–Trinajstić information content (AvgIpc) is 2.15. The van der Waals surface area contributed by atoms with Gasteiger partial charge in [0.25, 0.3) is 0 Å². The van der Waals surface area contributed by atoms with Crippen LogP contribution in [0.25, 0.3) is 0 Å². The summed E-state index contributed by atoms with van der Waals surface area (Å²) in [6.45, 7) is 0. The Labute approximate surface area is 107 Å². The Balaban J connectivity index is -0.000000218. The number of carboxylic acid groups (broad SMARTS) is 4. The van der Waals surface area contributed by atoms with Crippen LogP contribution in [0, 0.1) is 0 Å². The van der Waals surface area contributed by atoms with Crippen molar-refractivity contribution in [1.82, 2.24) is 0 Å². The van der Waals surface area contributed by atoms with Crippen LogP contribution in [-0.4, -0.2) is 46.3 Å². The molecule has 0 fully saturated rings. The number of aliphatic carboxylic acids is 4. The number of hydrogen-bond donors (Lipinski definition) is 2. The van der Waals surface area contributed by atoms with Gasteiger partial charge in [0.15, 0.2) is 0 Å². The summed E-state index contributed by atoms with van der Waals surface area (Å²) in [6, 6.07) is 0. The van der Waals surface area contributed by atoms with Crippen LogP contribution in [0.2, 0.25) is 0 Å². The van der Waals surface area contributed by atoms with E-state index in [2.05, 4.69) is 0 Å². The van der Waals surface area contributed by atoms with Crippen LogP contribution in [0.15, 0.2) is 0 Å². The van der Waals surface area contributed by atoms with Crippen LogP contribution in [-0.2, 0) is 40.2 Å². The van der Waals surface area contributed by atoms with Crippen LogP contribution in [0.3, 0.4) is 0 Å². The normalized spacial score (nSPS) is 8.71. The molecule has 98 valence electrons. The van der Waals surface area contributed by atoms with Gasteiger partial charge in [0, 0.05) is 0 Å². The van der Waals surface area contributed by atoms with Crippen LogP contribution < -0.4 is 20.4 Å². The van der Waals surface area contributed by atoms with E-state index < -0.39 is 36.1 Å². The summed E-state index contributed by atoms with van der Waals surface area (Å²) >= 11 is 0. The molecule has 0 atom stereocenters. The van der Waals surface area contributed by atoms with Crippen molar-refractivity contribution in [1.29, 1.82) is 0 Å². The molecule has 11 heteroatoms. The maximum atomic E-state index is 9.36. The predicted molar refractivity (Wildman–Crippen MR) is 32.0 cm³/mol. The third kappa shape index (κ3) is 10.8. The molecule has 2 N–H and O–H groups in total. The Bertz CT molecular complexity index is 241. The Kier molecular flexibility index (Phi) is 11.9. The molecule has 0 radical (unpaired) electrons. The molecule has 0 spiro atoms. The van der Waals surface area contributed by atoms with E-state index in [1.165, 1.54) is 0 Å². The quantitative estimate of drug-likeness (QED) is 0.403. The third-order valence-corrected chi connectivity index (χ3v) is 0.893. The third-order valence-electron chi connectivity index (χ3n) is 0.893. The number of aliphatic hydroxyl groups excluding tert-OH is 2. The molecule has 17 heavy (non-hydrogen) atoms. The fourth-order valence-corrected chi connectivity index (χ4v) is 0.192. The topological polar surface area (TPSA) is 201 Å². The molecule has 0 aromatic heterocycles. The van der Waals surface area contributed by atoms with Gasteiger partial charge in [-0.05, 0) is 0 Å². The monoisotopic (exact) mass is 431 g/mol. The molecule has 0 aliphatic rings. The van der Waals surface area contributed by atoms with E-state index in [-0.39, 0.29) is 21.1 Å². The van der Waals surface area contributed by atoms with Crippen molar-refractivity contribution in [2.24, 2.45) is 0 Å². The summed E-state index contributed by atoms with van der Waals surface area (Å²) in [5.74, 6) is -8.26. The molecule has 0 heterocycles. The number of carbonyl (C=O) groups excluding carboxylic acids is 4. The zero-order valence-electron chi connectivity index (χ0n) is 7.63. The smallest absolute Gasteiger partial charge is 0.547 e. The maximum Gasteiger partial charge on any atom is 4.00 e. The molecule has 0 rings (SSSR count). The Morgan fingerprint density at radius 2 is 0.765 bits per heavy atom. The van der Waals surface area contributed by atoms with Crippen LogP contribution in [0.5, 0.6) is 0 Å². The molecule has 0 amide bonds. The van der Waals surface area contributed by atoms with Crippen molar-refractivity contribution in [3.63, 3.8) is 0 Å².